The zero-order valence-corrected chi connectivity index (χ0v) is 16.6. The summed E-state index contributed by atoms with van der Waals surface area (Å²) < 4.78 is 0. The number of piperazine rings is 1. The number of rotatable bonds is 7. The molecule has 0 aliphatic carbocycles. The first-order chi connectivity index (χ1) is 12.7. The van der Waals surface area contributed by atoms with E-state index >= 15 is 0 Å². The Labute approximate surface area is 160 Å². The fourth-order valence-electron chi connectivity index (χ4n) is 3.45. The highest BCUT2D eigenvalue weighted by Gasteiger charge is 2.17. The number of carbonyl (C=O) groups excluding carboxylic acids is 1. The minimum absolute atomic E-state index is 0.0844. The lowest BCUT2D eigenvalue weighted by Crippen LogP contribution is -2.47. The van der Waals surface area contributed by atoms with Gasteiger partial charge in [-0.05, 0) is 61.0 Å². The SMILES string of the molecule is CCc1ccsc1C(=O)NCCCN1CCN(c2cccc(C)c2)CC1. The Morgan fingerprint density at radius 2 is 2.00 bits per heavy atom. The molecule has 3 rings (SSSR count). The first kappa shape index (κ1) is 18.9. The summed E-state index contributed by atoms with van der Waals surface area (Å²) in [6.07, 6.45) is 1.92. The molecular weight excluding hydrogens is 342 g/mol. The van der Waals surface area contributed by atoms with Crippen LogP contribution in [0.5, 0.6) is 0 Å². The van der Waals surface area contributed by atoms with Gasteiger partial charge in [0.15, 0.2) is 0 Å². The summed E-state index contributed by atoms with van der Waals surface area (Å²) in [4.78, 5) is 18.1. The molecule has 0 unspecified atom stereocenters. The van der Waals surface area contributed by atoms with Crippen LogP contribution in [0.15, 0.2) is 35.7 Å². The standard InChI is InChI=1S/C21H29N3OS/c1-3-18-8-15-26-20(18)21(25)22-9-5-10-23-11-13-24(14-12-23)19-7-4-6-17(2)16-19/h4,6-8,15-16H,3,5,9-14H2,1-2H3,(H,22,25). The van der Waals surface area contributed by atoms with E-state index in [2.05, 4.69) is 53.2 Å². The predicted octanol–water partition coefficient (Wildman–Crippen LogP) is 3.56. The van der Waals surface area contributed by atoms with Crippen molar-refractivity contribution in [3.05, 3.63) is 51.7 Å². The average molecular weight is 372 g/mol. The Balaban J connectivity index is 1.36. The van der Waals surface area contributed by atoms with E-state index in [0.29, 0.717) is 0 Å². The minimum Gasteiger partial charge on any atom is -0.369 e. The van der Waals surface area contributed by atoms with Gasteiger partial charge in [-0.3, -0.25) is 9.69 Å². The summed E-state index contributed by atoms with van der Waals surface area (Å²) in [5, 5.41) is 5.08. The van der Waals surface area contributed by atoms with Gasteiger partial charge in [-0.1, -0.05) is 19.1 Å². The Hall–Kier alpha value is -1.85. The molecule has 2 aromatic rings. The van der Waals surface area contributed by atoms with E-state index in [1.807, 2.05) is 11.4 Å². The van der Waals surface area contributed by atoms with Gasteiger partial charge in [0.05, 0.1) is 4.88 Å². The maximum Gasteiger partial charge on any atom is 0.261 e. The van der Waals surface area contributed by atoms with Crippen LogP contribution in [-0.4, -0.2) is 50.1 Å². The fraction of sp³-hybridized carbons (Fsp3) is 0.476. The number of hydrogen-bond acceptors (Lipinski definition) is 4. The van der Waals surface area contributed by atoms with E-state index in [1.165, 1.54) is 22.6 Å². The normalized spacial score (nSPS) is 15.2. The maximum atomic E-state index is 12.2. The van der Waals surface area contributed by atoms with E-state index in [1.54, 1.807) is 0 Å². The molecule has 4 nitrogen and oxygen atoms in total. The molecule has 1 aromatic heterocycles. The van der Waals surface area contributed by atoms with Gasteiger partial charge in [0.25, 0.3) is 5.91 Å². The van der Waals surface area contributed by atoms with Crippen LogP contribution in [-0.2, 0) is 6.42 Å². The van der Waals surface area contributed by atoms with Crippen LogP contribution < -0.4 is 10.2 Å². The van der Waals surface area contributed by atoms with E-state index in [9.17, 15) is 4.79 Å². The third-order valence-corrected chi connectivity index (χ3v) is 5.97. The Morgan fingerprint density at radius 3 is 2.73 bits per heavy atom. The number of thiophene rings is 1. The van der Waals surface area contributed by atoms with Crippen molar-refractivity contribution in [3.63, 3.8) is 0 Å². The number of benzene rings is 1. The summed E-state index contributed by atoms with van der Waals surface area (Å²) in [6, 6.07) is 10.8. The molecule has 2 heterocycles. The lowest BCUT2D eigenvalue weighted by Gasteiger charge is -2.36. The summed E-state index contributed by atoms with van der Waals surface area (Å²) >= 11 is 1.54. The van der Waals surface area contributed by atoms with Gasteiger partial charge in [-0.15, -0.1) is 11.3 Å². The quantitative estimate of drug-likeness (QED) is 0.756. The van der Waals surface area contributed by atoms with Crippen LogP contribution in [0.3, 0.4) is 0 Å². The molecule has 1 aromatic carbocycles. The average Bonchev–Trinajstić information content (AvgIpc) is 3.14. The Kier molecular flexibility index (Phi) is 6.69. The number of amides is 1. The third-order valence-electron chi connectivity index (χ3n) is 5.01. The molecule has 1 fully saturated rings. The molecule has 1 saturated heterocycles. The molecule has 5 heteroatoms. The third kappa shape index (κ3) is 4.86. The second kappa shape index (κ2) is 9.19. The second-order valence-corrected chi connectivity index (χ2v) is 7.82. The molecule has 1 amide bonds. The molecule has 0 atom stereocenters. The van der Waals surface area contributed by atoms with E-state index in [4.69, 9.17) is 0 Å². The molecule has 1 aliphatic heterocycles. The number of nitrogens with one attached hydrogen (secondary N) is 1. The molecule has 0 spiro atoms. The minimum atomic E-state index is 0.0844. The lowest BCUT2D eigenvalue weighted by atomic mass is 10.2. The van der Waals surface area contributed by atoms with E-state index in [-0.39, 0.29) is 5.91 Å². The van der Waals surface area contributed by atoms with Crippen molar-refractivity contribution >= 4 is 22.9 Å². The molecule has 140 valence electrons. The molecular formula is C21H29N3OS. The first-order valence-corrected chi connectivity index (χ1v) is 10.4. The summed E-state index contributed by atoms with van der Waals surface area (Å²) in [7, 11) is 0. The second-order valence-electron chi connectivity index (χ2n) is 6.91. The smallest absolute Gasteiger partial charge is 0.261 e. The number of aryl methyl sites for hydroxylation is 2. The topological polar surface area (TPSA) is 35.6 Å². The zero-order chi connectivity index (χ0) is 18.4. The van der Waals surface area contributed by atoms with Crippen LogP contribution in [0, 0.1) is 6.92 Å². The van der Waals surface area contributed by atoms with Crippen LogP contribution in [0.25, 0.3) is 0 Å². The van der Waals surface area contributed by atoms with Crippen molar-refractivity contribution in [2.75, 3.05) is 44.2 Å². The highest BCUT2D eigenvalue weighted by molar-refractivity contribution is 7.12. The fourth-order valence-corrected chi connectivity index (χ4v) is 4.36. The molecule has 0 saturated carbocycles. The molecule has 0 bridgehead atoms. The lowest BCUT2D eigenvalue weighted by molar-refractivity contribution is 0.0954. The van der Waals surface area contributed by atoms with E-state index < -0.39 is 0 Å². The molecule has 1 aliphatic rings. The van der Waals surface area contributed by atoms with Gasteiger partial charge in [0, 0.05) is 38.4 Å². The van der Waals surface area contributed by atoms with E-state index in [0.717, 1.165) is 62.6 Å². The zero-order valence-electron chi connectivity index (χ0n) is 15.8. The number of anilines is 1. The largest absolute Gasteiger partial charge is 0.369 e. The number of nitrogens with zero attached hydrogens (tertiary/aromatic N) is 2. The number of carbonyl (C=O) groups is 1. The predicted molar refractivity (Wildman–Crippen MR) is 110 cm³/mol. The van der Waals surface area contributed by atoms with Crippen molar-refractivity contribution in [2.24, 2.45) is 0 Å². The first-order valence-electron chi connectivity index (χ1n) is 9.56. The van der Waals surface area contributed by atoms with Crippen molar-refractivity contribution in [3.8, 4) is 0 Å². The highest BCUT2D eigenvalue weighted by atomic mass is 32.1. The van der Waals surface area contributed by atoms with Gasteiger partial charge >= 0.3 is 0 Å². The Bertz CT molecular complexity index is 720. The van der Waals surface area contributed by atoms with Gasteiger partial charge < -0.3 is 10.2 Å². The van der Waals surface area contributed by atoms with Crippen LogP contribution in [0.2, 0.25) is 0 Å². The van der Waals surface area contributed by atoms with Crippen LogP contribution in [0.1, 0.15) is 34.1 Å². The maximum absolute atomic E-state index is 12.2. The van der Waals surface area contributed by atoms with Crippen molar-refractivity contribution < 1.29 is 4.79 Å². The van der Waals surface area contributed by atoms with Crippen molar-refractivity contribution in [2.45, 2.75) is 26.7 Å². The summed E-state index contributed by atoms with van der Waals surface area (Å²) in [5.74, 6) is 0.0844. The molecule has 0 radical (unpaired) electrons. The molecule has 1 N–H and O–H groups in total. The van der Waals surface area contributed by atoms with Gasteiger partial charge in [-0.2, -0.15) is 0 Å². The van der Waals surface area contributed by atoms with Crippen molar-refractivity contribution in [1.29, 1.82) is 0 Å². The monoisotopic (exact) mass is 371 g/mol. The van der Waals surface area contributed by atoms with Crippen LogP contribution >= 0.6 is 11.3 Å². The summed E-state index contributed by atoms with van der Waals surface area (Å²) in [6.45, 7) is 10.4. The van der Waals surface area contributed by atoms with Crippen LogP contribution in [0.4, 0.5) is 5.69 Å². The Morgan fingerprint density at radius 1 is 1.19 bits per heavy atom. The van der Waals surface area contributed by atoms with Crippen molar-refractivity contribution in [1.82, 2.24) is 10.2 Å². The van der Waals surface area contributed by atoms with Gasteiger partial charge in [0.2, 0.25) is 0 Å². The van der Waals surface area contributed by atoms with Gasteiger partial charge in [-0.25, -0.2) is 0 Å². The highest BCUT2D eigenvalue weighted by Crippen LogP contribution is 2.18. The summed E-state index contributed by atoms with van der Waals surface area (Å²) in [5.41, 5.74) is 3.80. The van der Waals surface area contributed by atoms with Gasteiger partial charge in [0.1, 0.15) is 0 Å². The number of hydrogen-bond donors (Lipinski definition) is 1. The molecule has 26 heavy (non-hydrogen) atoms.